The zero-order chi connectivity index (χ0) is 16.5. The van der Waals surface area contributed by atoms with Crippen LogP contribution in [-0.2, 0) is 39.0 Å². The highest BCUT2D eigenvalue weighted by Gasteiger charge is 2.60. The first-order chi connectivity index (χ1) is 10.2. The molecule has 0 aromatic carbocycles. The third-order valence-corrected chi connectivity index (χ3v) is 4.16. The van der Waals surface area contributed by atoms with Crippen molar-refractivity contribution in [2.45, 2.75) is 50.6 Å². The fourth-order valence-electron chi connectivity index (χ4n) is 2.71. The normalized spacial score (nSPS) is 33.0. The van der Waals surface area contributed by atoms with Crippen molar-refractivity contribution in [2.24, 2.45) is 0 Å². The maximum Gasteiger partial charge on any atom is 0.344 e. The van der Waals surface area contributed by atoms with Gasteiger partial charge in [-0.1, -0.05) is 6.58 Å². The molecule has 9 heteroatoms. The lowest BCUT2D eigenvalue weighted by molar-refractivity contribution is -0.169. The molecule has 4 unspecified atom stereocenters. The fraction of sp³-hybridized carbons (Fsp3) is 0.692. The summed E-state index contributed by atoms with van der Waals surface area (Å²) in [4.78, 5) is 23.0. The van der Waals surface area contributed by atoms with E-state index in [1.54, 1.807) is 6.92 Å². The summed E-state index contributed by atoms with van der Waals surface area (Å²) in [6.07, 6.45) is -0.927. The molecule has 22 heavy (non-hydrogen) atoms. The number of thiol groups is 1. The number of hydrogen-bond donors (Lipinski definition) is 1. The van der Waals surface area contributed by atoms with Crippen LogP contribution in [0.1, 0.15) is 26.7 Å². The lowest BCUT2D eigenvalue weighted by Crippen LogP contribution is -2.48. The Hall–Kier alpha value is -1.45. The van der Waals surface area contributed by atoms with Gasteiger partial charge >= 0.3 is 11.9 Å². The molecule has 2 heterocycles. The Kier molecular flexibility index (Phi) is 4.88. The summed E-state index contributed by atoms with van der Waals surface area (Å²) in [6, 6.07) is 0. The van der Waals surface area contributed by atoms with E-state index >= 15 is 0 Å². The Morgan fingerprint density at radius 1 is 1.41 bits per heavy atom. The summed E-state index contributed by atoms with van der Waals surface area (Å²) < 4.78 is 42.0. The predicted octanol–water partition coefficient (Wildman–Crippen LogP) is -0.120. The zero-order valence-corrected chi connectivity index (χ0v) is 13.2. The van der Waals surface area contributed by atoms with E-state index in [0.29, 0.717) is 12.8 Å². The molecule has 2 fully saturated rings. The van der Waals surface area contributed by atoms with Crippen molar-refractivity contribution >= 4 is 22.9 Å². The summed E-state index contributed by atoms with van der Waals surface area (Å²) >= 11 is 0. The smallest absolute Gasteiger partial charge is 0.344 e. The first-order valence-electron chi connectivity index (χ1n) is 6.74. The van der Waals surface area contributed by atoms with Crippen molar-refractivity contribution in [3.05, 3.63) is 12.2 Å². The van der Waals surface area contributed by atoms with Crippen LogP contribution in [0.3, 0.4) is 0 Å². The maximum absolute atomic E-state index is 11.8. The van der Waals surface area contributed by atoms with Crippen LogP contribution in [0.5, 0.6) is 0 Å². The van der Waals surface area contributed by atoms with Crippen LogP contribution in [0.2, 0.25) is 0 Å². The van der Waals surface area contributed by atoms with Crippen molar-refractivity contribution < 1.29 is 36.4 Å². The van der Waals surface area contributed by atoms with Gasteiger partial charge in [-0.2, -0.15) is 0 Å². The Balaban J connectivity index is 1.98. The summed E-state index contributed by atoms with van der Waals surface area (Å²) in [6.45, 7) is 5.98. The number of carbonyl (C=O) groups is 2. The van der Waals surface area contributed by atoms with E-state index in [9.17, 15) is 18.0 Å². The molecule has 124 valence electrons. The number of carbonyl (C=O) groups excluding carboxylic acids is 2. The molecule has 8 nitrogen and oxygen atoms in total. The number of esters is 2. The van der Waals surface area contributed by atoms with Crippen molar-refractivity contribution in [1.82, 2.24) is 0 Å². The molecule has 0 aromatic rings. The van der Waals surface area contributed by atoms with Gasteiger partial charge in [-0.3, -0.25) is 4.18 Å². The van der Waals surface area contributed by atoms with Crippen LogP contribution in [-0.4, -0.2) is 50.9 Å². The summed E-state index contributed by atoms with van der Waals surface area (Å²) in [5.74, 6) is -1.51. The molecule has 2 rings (SSSR count). The Morgan fingerprint density at radius 2 is 2.09 bits per heavy atom. The zero-order valence-electron chi connectivity index (χ0n) is 12.3. The molecule has 2 aliphatic heterocycles. The highest BCUT2D eigenvalue weighted by molar-refractivity contribution is 7.67. The van der Waals surface area contributed by atoms with Gasteiger partial charge in [-0.15, -0.1) is 0 Å². The fourth-order valence-corrected chi connectivity index (χ4v) is 3.16. The summed E-state index contributed by atoms with van der Waals surface area (Å²) in [7, 11) is -3.09. The second-order valence-corrected chi connectivity index (χ2v) is 6.23. The third-order valence-electron chi connectivity index (χ3n) is 3.75. The minimum atomic E-state index is -3.09. The third kappa shape index (κ3) is 3.47. The van der Waals surface area contributed by atoms with Crippen LogP contribution in [0.4, 0.5) is 0 Å². The molecular formula is C13H18O8S. The van der Waals surface area contributed by atoms with E-state index in [1.165, 1.54) is 6.92 Å². The second-order valence-electron chi connectivity index (χ2n) is 5.57. The Morgan fingerprint density at radius 3 is 2.68 bits per heavy atom. The second kappa shape index (κ2) is 6.35. The minimum absolute atomic E-state index is 0.160. The van der Waals surface area contributed by atoms with Crippen LogP contribution in [0, 0.1) is 0 Å². The molecule has 2 aliphatic rings. The van der Waals surface area contributed by atoms with Gasteiger partial charge in [0, 0.05) is 5.57 Å². The van der Waals surface area contributed by atoms with Crippen LogP contribution >= 0.6 is 0 Å². The average Bonchev–Trinajstić information content (AvgIpc) is 2.92. The lowest BCUT2D eigenvalue weighted by Gasteiger charge is -2.31. The molecule has 2 saturated heterocycles. The summed E-state index contributed by atoms with van der Waals surface area (Å²) in [5.41, 5.74) is -0.637. The van der Waals surface area contributed by atoms with E-state index in [2.05, 4.69) is 6.58 Å². The van der Waals surface area contributed by atoms with Gasteiger partial charge in [0.1, 0.15) is 11.7 Å². The number of hydrogen-bond acceptors (Lipinski definition) is 8. The van der Waals surface area contributed by atoms with Gasteiger partial charge in [0.05, 0.1) is 6.10 Å². The van der Waals surface area contributed by atoms with Gasteiger partial charge in [0.2, 0.25) is 0 Å². The molecule has 0 radical (unpaired) electrons. The van der Waals surface area contributed by atoms with Gasteiger partial charge in [0.25, 0.3) is 11.0 Å². The molecule has 0 aliphatic carbocycles. The largest absolute Gasteiger partial charge is 0.454 e. The minimum Gasteiger partial charge on any atom is -0.454 e. The average molecular weight is 334 g/mol. The van der Waals surface area contributed by atoms with Gasteiger partial charge < -0.3 is 14.2 Å². The topological polar surface area (TPSA) is 105 Å². The Bertz CT molecular complexity index is 560. The number of rotatable bonds is 6. The maximum atomic E-state index is 11.8. The SMILES string of the molecule is C=C(C)C(=O)OCC(=O)OC1C(O[SH](=O)=O)C2CCC1(C)O2. The van der Waals surface area contributed by atoms with Crippen LogP contribution in [0.25, 0.3) is 0 Å². The van der Waals surface area contributed by atoms with Gasteiger partial charge in [0.15, 0.2) is 12.7 Å². The van der Waals surface area contributed by atoms with Crippen LogP contribution in [0.15, 0.2) is 12.2 Å². The molecule has 0 amide bonds. The lowest BCUT2D eigenvalue weighted by atomic mass is 9.85. The van der Waals surface area contributed by atoms with Crippen molar-refractivity contribution in [2.75, 3.05) is 6.61 Å². The van der Waals surface area contributed by atoms with Crippen molar-refractivity contribution in [3.8, 4) is 0 Å². The standard InChI is InChI=1S/C13H18O8S/c1-7(2)12(15)18-6-9(14)19-11-10(21-22(16)17)8-4-5-13(11,3)20-8/h8,10-11,22H,1,4-6H2,2-3H3. The number of ether oxygens (including phenoxy) is 3. The highest BCUT2D eigenvalue weighted by atomic mass is 32.2. The van der Waals surface area contributed by atoms with E-state index in [1.807, 2.05) is 0 Å². The first kappa shape index (κ1) is 16.9. The molecule has 0 N–H and O–H groups in total. The Labute approximate surface area is 129 Å². The molecule has 0 spiro atoms. The van der Waals surface area contributed by atoms with Gasteiger partial charge in [-0.05, 0) is 26.7 Å². The van der Waals surface area contributed by atoms with E-state index < -0.39 is 53.4 Å². The van der Waals surface area contributed by atoms with E-state index in [4.69, 9.17) is 18.4 Å². The highest BCUT2D eigenvalue weighted by Crippen LogP contribution is 2.46. The van der Waals surface area contributed by atoms with Crippen molar-refractivity contribution in [1.29, 1.82) is 0 Å². The molecule has 4 atom stereocenters. The molecule has 0 aromatic heterocycles. The van der Waals surface area contributed by atoms with E-state index in [0.717, 1.165) is 0 Å². The van der Waals surface area contributed by atoms with E-state index in [-0.39, 0.29) is 5.57 Å². The van der Waals surface area contributed by atoms with Crippen molar-refractivity contribution in [3.63, 3.8) is 0 Å². The van der Waals surface area contributed by atoms with Gasteiger partial charge in [-0.25, -0.2) is 18.0 Å². The monoisotopic (exact) mass is 334 g/mol. The molecular weight excluding hydrogens is 316 g/mol. The quantitative estimate of drug-likeness (QED) is 0.407. The first-order valence-corrected chi connectivity index (χ1v) is 7.83. The molecule has 0 saturated carbocycles. The molecule has 2 bridgehead atoms. The van der Waals surface area contributed by atoms with Crippen LogP contribution < -0.4 is 0 Å². The predicted molar refractivity (Wildman–Crippen MR) is 73.4 cm³/mol. The number of fused-ring (bicyclic) bond motifs is 2. The summed E-state index contributed by atoms with van der Waals surface area (Å²) in [5, 5.41) is 0.